The number of nitrogens with one attached hydrogen (secondary N) is 3. The van der Waals surface area contributed by atoms with E-state index in [1.807, 2.05) is 0 Å². The second-order valence-corrected chi connectivity index (χ2v) is 8.73. The Kier molecular flexibility index (Phi) is 9.36. The molecular weight excluding hydrogens is 441 g/mol. The van der Waals surface area contributed by atoms with Crippen molar-refractivity contribution in [1.82, 2.24) is 10.3 Å². The molecule has 32 heavy (non-hydrogen) atoms. The number of ketones is 1. The lowest BCUT2D eigenvalue weighted by Crippen LogP contribution is -2.21. The minimum Gasteiger partial charge on any atom is -0.489 e. The van der Waals surface area contributed by atoms with Gasteiger partial charge in [0.2, 0.25) is 0 Å². The Hall–Kier alpha value is -2.76. The molecule has 2 aromatic rings. The molecule has 0 bridgehead atoms. The van der Waals surface area contributed by atoms with E-state index in [-0.39, 0.29) is 11.5 Å². The summed E-state index contributed by atoms with van der Waals surface area (Å²) in [5, 5.41) is 5.82. The van der Waals surface area contributed by atoms with E-state index >= 15 is 0 Å². The number of rotatable bonds is 8. The number of carbonyl (C=O) groups is 2. The number of aryl methyl sites for hydroxylation is 1. The number of aromatic amines is 1. The second kappa shape index (κ2) is 11.7. The summed E-state index contributed by atoms with van der Waals surface area (Å²) in [4.78, 5) is 27.6. The van der Waals surface area contributed by atoms with Gasteiger partial charge in [0.15, 0.2) is 17.3 Å². The van der Waals surface area contributed by atoms with Gasteiger partial charge in [0.1, 0.15) is 6.61 Å². The summed E-state index contributed by atoms with van der Waals surface area (Å²) in [5.41, 5.74) is 1.87. The van der Waals surface area contributed by atoms with Crippen molar-refractivity contribution < 1.29 is 31.7 Å². The standard InChI is InChI=1S/C20H24FN3O3.CH4O3S/c1-2-8-22-9-10-27-18-7-6-13(11-15(18)21)24-20(26)14-12-23-16-4-3-5-17(25)19(14)16;1-5(2,3)4/h6-7,11-12,22-23H,2-5,8-10H2,1H3,(H,24,26);1H3,(H,2,3,4). The minimum atomic E-state index is -3.67. The van der Waals surface area contributed by atoms with Crippen molar-refractivity contribution in [1.29, 1.82) is 0 Å². The zero-order valence-corrected chi connectivity index (χ0v) is 18.9. The van der Waals surface area contributed by atoms with Crippen molar-refractivity contribution in [2.75, 3.05) is 31.3 Å². The van der Waals surface area contributed by atoms with Gasteiger partial charge in [0.05, 0.1) is 17.4 Å². The molecular formula is C21H28FN3O6S. The zero-order chi connectivity index (χ0) is 23.7. The molecule has 0 fully saturated rings. The smallest absolute Gasteiger partial charge is 0.261 e. The summed E-state index contributed by atoms with van der Waals surface area (Å²) in [6.45, 7) is 3.96. The molecule has 3 rings (SSSR count). The maximum atomic E-state index is 14.2. The molecule has 0 radical (unpaired) electrons. The third kappa shape index (κ3) is 8.06. The van der Waals surface area contributed by atoms with Crippen LogP contribution in [0.3, 0.4) is 0 Å². The maximum Gasteiger partial charge on any atom is 0.261 e. The van der Waals surface area contributed by atoms with E-state index < -0.39 is 21.8 Å². The SMILES string of the molecule is CCCNCCOc1ccc(NC(=O)c2c[nH]c3c2C(=O)CCC3)cc1F.CS(=O)(=O)O. The number of aromatic nitrogens is 1. The van der Waals surface area contributed by atoms with Crippen LogP contribution in [0.1, 0.15) is 52.6 Å². The maximum absolute atomic E-state index is 14.2. The second-order valence-electron chi connectivity index (χ2n) is 7.26. The Morgan fingerprint density at radius 1 is 1.28 bits per heavy atom. The van der Waals surface area contributed by atoms with E-state index in [0.717, 1.165) is 31.5 Å². The molecule has 9 nitrogen and oxygen atoms in total. The number of halogens is 1. The summed E-state index contributed by atoms with van der Waals surface area (Å²) in [5.74, 6) is -0.871. The molecule has 0 spiro atoms. The molecule has 1 heterocycles. The first-order valence-electron chi connectivity index (χ1n) is 10.2. The highest BCUT2D eigenvalue weighted by Gasteiger charge is 2.26. The van der Waals surface area contributed by atoms with Crippen molar-refractivity contribution in [2.24, 2.45) is 0 Å². The van der Waals surface area contributed by atoms with Crippen LogP contribution >= 0.6 is 0 Å². The summed E-state index contributed by atoms with van der Waals surface area (Å²) in [7, 11) is -3.67. The molecule has 0 unspecified atom stereocenters. The predicted molar refractivity (Wildman–Crippen MR) is 119 cm³/mol. The minimum absolute atomic E-state index is 0.0331. The first kappa shape index (κ1) is 25.5. The molecule has 176 valence electrons. The molecule has 1 aromatic heterocycles. The van der Waals surface area contributed by atoms with Gasteiger partial charge < -0.3 is 20.4 Å². The molecule has 4 N–H and O–H groups in total. The van der Waals surface area contributed by atoms with Gasteiger partial charge in [0, 0.05) is 36.6 Å². The van der Waals surface area contributed by atoms with Crippen LogP contribution in [-0.4, -0.2) is 55.6 Å². The number of H-pyrrole nitrogens is 1. The lowest BCUT2D eigenvalue weighted by atomic mass is 9.93. The molecule has 1 aliphatic carbocycles. The molecule has 0 saturated heterocycles. The predicted octanol–water partition coefficient (Wildman–Crippen LogP) is 2.81. The van der Waals surface area contributed by atoms with Gasteiger partial charge in [-0.2, -0.15) is 8.42 Å². The Labute approximate surface area is 186 Å². The van der Waals surface area contributed by atoms with Crippen molar-refractivity contribution in [3.05, 3.63) is 47.0 Å². The first-order valence-corrected chi connectivity index (χ1v) is 12.0. The van der Waals surface area contributed by atoms with E-state index in [2.05, 4.69) is 22.5 Å². The van der Waals surface area contributed by atoms with E-state index in [1.165, 1.54) is 12.1 Å². The highest BCUT2D eigenvalue weighted by atomic mass is 32.2. The van der Waals surface area contributed by atoms with Crippen LogP contribution < -0.4 is 15.4 Å². The topological polar surface area (TPSA) is 138 Å². The number of fused-ring (bicyclic) bond motifs is 1. The fraction of sp³-hybridized carbons (Fsp3) is 0.429. The summed E-state index contributed by atoms with van der Waals surface area (Å²) >= 11 is 0. The van der Waals surface area contributed by atoms with Crippen LogP contribution in [0.4, 0.5) is 10.1 Å². The molecule has 1 aliphatic rings. The number of carbonyl (C=O) groups excluding carboxylic acids is 2. The summed E-state index contributed by atoms with van der Waals surface area (Å²) in [6.07, 6.45) is 5.27. The third-order valence-electron chi connectivity index (χ3n) is 4.47. The average Bonchev–Trinajstić information content (AvgIpc) is 3.14. The average molecular weight is 470 g/mol. The Morgan fingerprint density at radius 3 is 2.66 bits per heavy atom. The molecule has 0 aliphatic heterocycles. The van der Waals surface area contributed by atoms with Crippen molar-refractivity contribution in [3.63, 3.8) is 0 Å². The van der Waals surface area contributed by atoms with Crippen LogP contribution in [0.25, 0.3) is 0 Å². The number of Topliss-reactive ketones (excluding diaryl/α,β-unsaturated/α-hetero) is 1. The monoisotopic (exact) mass is 469 g/mol. The number of hydrogen-bond donors (Lipinski definition) is 4. The molecule has 1 amide bonds. The van der Waals surface area contributed by atoms with E-state index in [4.69, 9.17) is 9.29 Å². The lowest BCUT2D eigenvalue weighted by Gasteiger charge is -2.12. The molecule has 0 saturated carbocycles. The summed E-state index contributed by atoms with van der Waals surface area (Å²) < 4.78 is 45.5. The van der Waals surface area contributed by atoms with E-state index in [9.17, 15) is 22.4 Å². The molecule has 0 atom stereocenters. The Balaban J connectivity index is 0.000000654. The van der Waals surface area contributed by atoms with Crippen molar-refractivity contribution in [2.45, 2.75) is 32.6 Å². The zero-order valence-electron chi connectivity index (χ0n) is 18.0. The van der Waals surface area contributed by atoms with Gasteiger partial charge in [0.25, 0.3) is 16.0 Å². The van der Waals surface area contributed by atoms with Gasteiger partial charge in [-0.15, -0.1) is 0 Å². The summed E-state index contributed by atoms with van der Waals surface area (Å²) in [6, 6.07) is 4.28. The van der Waals surface area contributed by atoms with Crippen LogP contribution in [0, 0.1) is 5.82 Å². The fourth-order valence-electron chi connectivity index (χ4n) is 3.14. The largest absolute Gasteiger partial charge is 0.489 e. The van der Waals surface area contributed by atoms with Crippen molar-refractivity contribution >= 4 is 27.5 Å². The number of anilines is 1. The first-order chi connectivity index (χ1) is 15.1. The van der Waals surface area contributed by atoms with Gasteiger partial charge in [-0.25, -0.2) is 4.39 Å². The normalized spacial score (nSPS) is 13.1. The number of hydrogen-bond acceptors (Lipinski definition) is 6. The van der Waals surface area contributed by atoms with Crippen molar-refractivity contribution in [3.8, 4) is 5.75 Å². The third-order valence-corrected chi connectivity index (χ3v) is 4.47. The lowest BCUT2D eigenvalue weighted by molar-refractivity contribution is 0.0956. The van der Waals surface area contributed by atoms with Gasteiger partial charge in [-0.05, 0) is 37.9 Å². The molecule has 11 heteroatoms. The fourth-order valence-corrected chi connectivity index (χ4v) is 3.14. The van der Waals surface area contributed by atoms with Crippen LogP contribution in [0.15, 0.2) is 24.4 Å². The quantitative estimate of drug-likeness (QED) is 0.345. The molecule has 1 aromatic carbocycles. The van der Waals surface area contributed by atoms with E-state index in [0.29, 0.717) is 42.6 Å². The van der Waals surface area contributed by atoms with Gasteiger partial charge in [-0.3, -0.25) is 14.1 Å². The van der Waals surface area contributed by atoms with E-state index in [1.54, 1.807) is 12.3 Å². The highest BCUT2D eigenvalue weighted by molar-refractivity contribution is 7.85. The van der Waals surface area contributed by atoms with Gasteiger partial charge in [-0.1, -0.05) is 6.92 Å². The van der Waals surface area contributed by atoms with Crippen LogP contribution in [0.5, 0.6) is 5.75 Å². The number of benzene rings is 1. The van der Waals surface area contributed by atoms with Crippen LogP contribution in [-0.2, 0) is 16.5 Å². The Bertz CT molecular complexity index is 1040. The van der Waals surface area contributed by atoms with Gasteiger partial charge >= 0.3 is 0 Å². The number of ether oxygens (including phenoxy) is 1. The van der Waals surface area contributed by atoms with Crippen LogP contribution in [0.2, 0.25) is 0 Å². The number of amides is 1. The Morgan fingerprint density at radius 2 is 2.00 bits per heavy atom. The highest BCUT2D eigenvalue weighted by Crippen LogP contribution is 2.26.